The van der Waals surface area contributed by atoms with Crippen LogP contribution in [0.25, 0.3) is 0 Å². The van der Waals surface area contributed by atoms with Crippen molar-refractivity contribution in [1.29, 1.82) is 0 Å². The predicted octanol–water partition coefficient (Wildman–Crippen LogP) is -0.127. The molecule has 3 N–H and O–H groups in total. The molecule has 1 rings (SSSR count). The van der Waals surface area contributed by atoms with Crippen LogP contribution in [0.2, 0.25) is 0 Å². The van der Waals surface area contributed by atoms with Gasteiger partial charge in [-0.25, -0.2) is 8.42 Å². The zero-order valence-electron chi connectivity index (χ0n) is 12.0. The maximum Gasteiger partial charge on any atom is 0.322 e. The van der Waals surface area contributed by atoms with Gasteiger partial charge in [0.1, 0.15) is 11.8 Å². The van der Waals surface area contributed by atoms with Crippen molar-refractivity contribution in [2.75, 3.05) is 18.1 Å². The van der Waals surface area contributed by atoms with Crippen LogP contribution in [-0.4, -0.2) is 49.4 Å². The van der Waals surface area contributed by atoms with Gasteiger partial charge in [-0.15, -0.1) is 0 Å². The second-order valence-electron chi connectivity index (χ2n) is 4.61. The third kappa shape index (κ3) is 5.17. The molecule has 1 aromatic rings. The highest BCUT2D eigenvalue weighted by molar-refractivity contribution is 7.92. The Bertz CT molecular complexity index is 681. The summed E-state index contributed by atoms with van der Waals surface area (Å²) in [6.45, 7) is 0.779. The predicted molar refractivity (Wildman–Crippen MR) is 79.3 cm³/mol. The summed E-state index contributed by atoms with van der Waals surface area (Å²) in [6, 6.07) is 5.61. The number of nitrogens with one attached hydrogen (secondary N) is 2. The van der Waals surface area contributed by atoms with Crippen LogP contribution < -0.4 is 10.6 Å². The molecule has 0 bridgehead atoms. The van der Waals surface area contributed by atoms with Crippen LogP contribution in [0.1, 0.15) is 17.3 Å². The molecule has 0 saturated heterocycles. The van der Waals surface area contributed by atoms with E-state index in [1.807, 2.05) is 0 Å². The fraction of sp³-hybridized carbons (Fsp3) is 0.308. The van der Waals surface area contributed by atoms with E-state index in [0.717, 1.165) is 6.26 Å². The Morgan fingerprint density at radius 3 is 2.18 bits per heavy atom. The molecule has 120 valence electrons. The lowest BCUT2D eigenvalue weighted by molar-refractivity contribution is -0.135. The van der Waals surface area contributed by atoms with Gasteiger partial charge in [-0.1, -0.05) is 0 Å². The van der Waals surface area contributed by atoms with Crippen molar-refractivity contribution in [3.05, 3.63) is 29.8 Å². The lowest BCUT2D eigenvalue weighted by atomic mass is 10.2. The number of carbonyl (C=O) groups excluding carboxylic acids is 2. The number of carboxylic acid groups (broad SMARTS) is 1. The number of rotatable bonds is 6. The summed E-state index contributed by atoms with van der Waals surface area (Å²) >= 11 is 0. The van der Waals surface area contributed by atoms with Crippen LogP contribution in [0.15, 0.2) is 24.3 Å². The first-order valence-corrected chi connectivity index (χ1v) is 8.16. The highest BCUT2D eigenvalue weighted by Gasteiger charge is 2.23. The molecule has 0 aromatic heterocycles. The van der Waals surface area contributed by atoms with E-state index in [4.69, 9.17) is 5.11 Å². The summed E-state index contributed by atoms with van der Waals surface area (Å²) in [5.41, 5.74) is 0.547. The molecule has 22 heavy (non-hydrogen) atoms. The maximum atomic E-state index is 11.7. The Kier molecular flexibility index (Phi) is 5.63. The van der Waals surface area contributed by atoms with Crippen LogP contribution in [-0.2, 0) is 19.4 Å². The minimum atomic E-state index is -3.49. The molecule has 0 aliphatic rings. The van der Waals surface area contributed by atoms with Crippen LogP contribution in [0.4, 0.5) is 5.69 Å². The molecule has 1 unspecified atom stereocenters. The first-order valence-electron chi connectivity index (χ1n) is 6.21. The number of amides is 2. The fourth-order valence-electron chi connectivity index (χ4n) is 1.40. The number of aliphatic carboxylic acids is 1. The largest absolute Gasteiger partial charge is 0.480 e. The molecule has 0 fully saturated rings. The monoisotopic (exact) mass is 328 g/mol. The molecular formula is C13H16N2O6S. The minimum absolute atomic E-state index is 0.218. The summed E-state index contributed by atoms with van der Waals surface area (Å²) < 4.78 is 22.5. The lowest BCUT2D eigenvalue weighted by Crippen LogP contribution is -2.31. The number of hydrogen-bond donors (Lipinski definition) is 3. The molecule has 1 atom stereocenters. The van der Waals surface area contributed by atoms with Crippen molar-refractivity contribution >= 4 is 33.3 Å². The van der Waals surface area contributed by atoms with E-state index in [1.165, 1.54) is 31.2 Å². The highest BCUT2D eigenvalue weighted by Crippen LogP contribution is 2.11. The maximum absolute atomic E-state index is 11.7. The SMILES string of the molecule is CC(C(=O)Nc1ccc(C(=O)NCC(=O)O)cc1)S(C)(=O)=O. The molecule has 8 nitrogen and oxygen atoms in total. The molecule has 0 saturated carbocycles. The van der Waals surface area contributed by atoms with Crippen molar-refractivity contribution < 1.29 is 27.9 Å². The van der Waals surface area contributed by atoms with E-state index < -0.39 is 39.4 Å². The van der Waals surface area contributed by atoms with Gasteiger partial charge in [0.15, 0.2) is 9.84 Å². The molecule has 0 aliphatic carbocycles. The zero-order chi connectivity index (χ0) is 16.9. The van der Waals surface area contributed by atoms with Crippen LogP contribution in [0.5, 0.6) is 0 Å². The number of anilines is 1. The highest BCUT2D eigenvalue weighted by atomic mass is 32.2. The summed E-state index contributed by atoms with van der Waals surface area (Å²) in [5.74, 6) is -2.40. The summed E-state index contributed by atoms with van der Waals surface area (Å²) in [4.78, 5) is 33.6. The van der Waals surface area contributed by atoms with Crippen molar-refractivity contribution in [2.45, 2.75) is 12.2 Å². The van der Waals surface area contributed by atoms with E-state index >= 15 is 0 Å². The quantitative estimate of drug-likeness (QED) is 0.667. The van der Waals surface area contributed by atoms with Gasteiger partial charge in [-0.05, 0) is 31.2 Å². The van der Waals surface area contributed by atoms with Gasteiger partial charge in [0.05, 0.1) is 0 Å². The van der Waals surface area contributed by atoms with Crippen molar-refractivity contribution in [3.8, 4) is 0 Å². The summed E-state index contributed by atoms with van der Waals surface area (Å²) in [6.07, 6.45) is 0.965. The first-order chi connectivity index (χ1) is 10.1. The zero-order valence-corrected chi connectivity index (χ0v) is 12.8. The second-order valence-corrected chi connectivity index (χ2v) is 6.98. The normalized spacial score (nSPS) is 12.3. The number of carboxylic acids is 1. The van der Waals surface area contributed by atoms with Gasteiger partial charge in [-0.2, -0.15) is 0 Å². The minimum Gasteiger partial charge on any atom is -0.480 e. The number of carbonyl (C=O) groups is 3. The average molecular weight is 328 g/mol. The van der Waals surface area contributed by atoms with Gasteiger partial charge in [0, 0.05) is 17.5 Å². The Balaban J connectivity index is 2.71. The summed E-state index contributed by atoms with van der Waals surface area (Å²) in [5, 5.41) is 11.9. The van der Waals surface area contributed by atoms with Gasteiger partial charge in [-0.3, -0.25) is 14.4 Å². The van der Waals surface area contributed by atoms with Crippen molar-refractivity contribution in [3.63, 3.8) is 0 Å². The average Bonchev–Trinajstić information content (AvgIpc) is 2.43. The van der Waals surface area contributed by atoms with Crippen molar-refractivity contribution in [2.24, 2.45) is 0 Å². The van der Waals surface area contributed by atoms with Crippen LogP contribution >= 0.6 is 0 Å². The molecule has 9 heteroatoms. The molecule has 2 amide bonds. The number of sulfone groups is 1. The standard InChI is InChI=1S/C13H16N2O6S/c1-8(22(2,20)21)12(18)15-10-5-3-9(4-6-10)13(19)14-7-11(16)17/h3-6,8H,7H2,1-2H3,(H,14,19)(H,15,18)(H,16,17). The number of benzene rings is 1. The van der Waals surface area contributed by atoms with E-state index in [-0.39, 0.29) is 5.56 Å². The Morgan fingerprint density at radius 2 is 1.73 bits per heavy atom. The molecular weight excluding hydrogens is 312 g/mol. The smallest absolute Gasteiger partial charge is 0.322 e. The fourth-order valence-corrected chi connectivity index (χ4v) is 1.85. The van der Waals surface area contributed by atoms with Crippen LogP contribution in [0.3, 0.4) is 0 Å². The first kappa shape index (κ1) is 17.6. The van der Waals surface area contributed by atoms with Crippen molar-refractivity contribution in [1.82, 2.24) is 5.32 Å². The molecule has 1 aromatic carbocycles. The lowest BCUT2D eigenvalue weighted by Gasteiger charge is -2.10. The third-order valence-electron chi connectivity index (χ3n) is 2.83. The van der Waals surface area contributed by atoms with E-state index in [0.29, 0.717) is 5.69 Å². The molecule has 0 spiro atoms. The van der Waals surface area contributed by atoms with Gasteiger partial charge < -0.3 is 15.7 Å². The Labute approximate surface area is 127 Å². The number of hydrogen-bond acceptors (Lipinski definition) is 5. The van der Waals surface area contributed by atoms with Gasteiger partial charge >= 0.3 is 5.97 Å². The Morgan fingerprint density at radius 1 is 1.18 bits per heavy atom. The second kappa shape index (κ2) is 7.03. The van der Waals surface area contributed by atoms with Crippen LogP contribution in [0, 0.1) is 0 Å². The topological polar surface area (TPSA) is 130 Å². The molecule has 0 heterocycles. The molecule has 0 aliphatic heterocycles. The van der Waals surface area contributed by atoms with Gasteiger partial charge in [0.2, 0.25) is 5.91 Å². The third-order valence-corrected chi connectivity index (χ3v) is 4.32. The van der Waals surface area contributed by atoms with E-state index in [1.54, 1.807) is 0 Å². The van der Waals surface area contributed by atoms with Gasteiger partial charge in [0.25, 0.3) is 5.91 Å². The Hall–Kier alpha value is -2.42. The summed E-state index contributed by atoms with van der Waals surface area (Å²) in [7, 11) is -3.49. The van der Waals surface area contributed by atoms with E-state index in [9.17, 15) is 22.8 Å². The molecule has 0 radical (unpaired) electrons. The van der Waals surface area contributed by atoms with E-state index in [2.05, 4.69) is 10.6 Å².